The first-order valence-corrected chi connectivity index (χ1v) is 6.37. The van der Waals surface area contributed by atoms with E-state index in [4.69, 9.17) is 0 Å². The first-order chi connectivity index (χ1) is 8.68. The molecule has 3 nitrogen and oxygen atoms in total. The highest BCUT2D eigenvalue weighted by Crippen LogP contribution is 2.24. The molecule has 0 bridgehead atoms. The summed E-state index contributed by atoms with van der Waals surface area (Å²) in [7, 11) is 0. The van der Waals surface area contributed by atoms with E-state index in [2.05, 4.69) is 36.3 Å². The van der Waals surface area contributed by atoms with Gasteiger partial charge < -0.3 is 10.4 Å². The summed E-state index contributed by atoms with van der Waals surface area (Å²) in [4.78, 5) is 4.41. The summed E-state index contributed by atoms with van der Waals surface area (Å²) in [6.07, 6.45) is 2.74. The van der Waals surface area contributed by atoms with Crippen LogP contribution >= 0.6 is 0 Å². The summed E-state index contributed by atoms with van der Waals surface area (Å²) in [5, 5.41) is 14.0. The first-order valence-electron chi connectivity index (χ1n) is 6.37. The van der Waals surface area contributed by atoms with Gasteiger partial charge in [-0.3, -0.25) is 4.98 Å². The topological polar surface area (TPSA) is 45.1 Å². The number of para-hydroxylation sites is 1. The van der Waals surface area contributed by atoms with Gasteiger partial charge >= 0.3 is 0 Å². The fourth-order valence-electron chi connectivity index (χ4n) is 1.85. The molecule has 1 heterocycles. The number of aliphatic hydroxyl groups is 1. The maximum atomic E-state index is 9.42. The molecule has 1 aromatic carbocycles. The molecule has 0 amide bonds. The standard InChI is InChI=1S/C15H20N2O/c1-3-15(2,11-18)10-17-13-8-4-6-12-7-5-9-16-14(12)13/h4-9,17-18H,3,10-11H2,1-2H3. The van der Waals surface area contributed by atoms with Gasteiger partial charge in [0.25, 0.3) is 0 Å². The number of pyridine rings is 1. The Morgan fingerprint density at radius 1 is 1.28 bits per heavy atom. The predicted octanol–water partition coefficient (Wildman–Crippen LogP) is 3.06. The lowest BCUT2D eigenvalue weighted by molar-refractivity contribution is 0.149. The van der Waals surface area contributed by atoms with E-state index in [-0.39, 0.29) is 12.0 Å². The van der Waals surface area contributed by atoms with Crippen LogP contribution in [-0.4, -0.2) is 23.2 Å². The van der Waals surface area contributed by atoms with E-state index in [1.165, 1.54) is 0 Å². The zero-order chi connectivity index (χ0) is 13.0. The molecule has 0 aliphatic rings. The smallest absolute Gasteiger partial charge is 0.0933 e. The van der Waals surface area contributed by atoms with E-state index < -0.39 is 0 Å². The van der Waals surface area contributed by atoms with Gasteiger partial charge in [-0.1, -0.05) is 32.0 Å². The van der Waals surface area contributed by atoms with Crippen LogP contribution in [0.3, 0.4) is 0 Å². The highest BCUT2D eigenvalue weighted by Gasteiger charge is 2.20. The Labute approximate surface area is 108 Å². The van der Waals surface area contributed by atoms with Crippen molar-refractivity contribution in [2.75, 3.05) is 18.5 Å². The average Bonchev–Trinajstić information content (AvgIpc) is 2.44. The van der Waals surface area contributed by atoms with Crippen molar-refractivity contribution in [3.05, 3.63) is 36.5 Å². The minimum Gasteiger partial charge on any atom is -0.396 e. The summed E-state index contributed by atoms with van der Waals surface area (Å²) in [6.45, 7) is 5.11. The van der Waals surface area contributed by atoms with Gasteiger partial charge in [-0.2, -0.15) is 0 Å². The minimum absolute atomic E-state index is 0.0864. The fraction of sp³-hybridized carbons (Fsp3) is 0.400. The highest BCUT2D eigenvalue weighted by atomic mass is 16.3. The molecule has 1 unspecified atom stereocenters. The molecule has 2 rings (SSSR count). The van der Waals surface area contributed by atoms with Crippen LogP contribution in [0.1, 0.15) is 20.3 Å². The number of benzene rings is 1. The van der Waals surface area contributed by atoms with Crippen molar-refractivity contribution in [2.45, 2.75) is 20.3 Å². The number of hydrogen-bond donors (Lipinski definition) is 2. The molecule has 0 aliphatic heterocycles. The molecule has 96 valence electrons. The molecule has 0 fully saturated rings. The molecule has 0 saturated carbocycles. The fourth-order valence-corrected chi connectivity index (χ4v) is 1.85. The number of anilines is 1. The molecule has 1 aromatic heterocycles. The largest absolute Gasteiger partial charge is 0.396 e. The third-order valence-corrected chi connectivity index (χ3v) is 3.57. The molecule has 3 heteroatoms. The van der Waals surface area contributed by atoms with Crippen molar-refractivity contribution >= 4 is 16.6 Å². The van der Waals surface area contributed by atoms with Gasteiger partial charge in [0.05, 0.1) is 17.8 Å². The van der Waals surface area contributed by atoms with Crippen molar-refractivity contribution in [1.82, 2.24) is 4.98 Å². The second-order valence-electron chi connectivity index (χ2n) is 5.06. The molecule has 18 heavy (non-hydrogen) atoms. The van der Waals surface area contributed by atoms with Crippen LogP contribution in [0.5, 0.6) is 0 Å². The van der Waals surface area contributed by atoms with E-state index in [1.807, 2.05) is 18.2 Å². The van der Waals surface area contributed by atoms with E-state index in [1.54, 1.807) is 6.20 Å². The van der Waals surface area contributed by atoms with E-state index in [9.17, 15) is 5.11 Å². The van der Waals surface area contributed by atoms with Gasteiger partial charge in [0.15, 0.2) is 0 Å². The summed E-state index contributed by atoms with van der Waals surface area (Å²) >= 11 is 0. The van der Waals surface area contributed by atoms with Crippen molar-refractivity contribution in [3.63, 3.8) is 0 Å². The lowest BCUT2D eigenvalue weighted by Gasteiger charge is -2.26. The Balaban J connectivity index is 2.22. The van der Waals surface area contributed by atoms with Crippen LogP contribution in [-0.2, 0) is 0 Å². The number of rotatable bonds is 5. The van der Waals surface area contributed by atoms with Crippen LogP contribution in [0, 0.1) is 5.41 Å². The highest BCUT2D eigenvalue weighted by molar-refractivity contribution is 5.90. The van der Waals surface area contributed by atoms with Crippen molar-refractivity contribution in [3.8, 4) is 0 Å². The molecule has 2 N–H and O–H groups in total. The lowest BCUT2D eigenvalue weighted by atomic mass is 9.88. The lowest BCUT2D eigenvalue weighted by Crippen LogP contribution is -2.29. The Kier molecular flexibility index (Phi) is 3.82. The summed E-state index contributed by atoms with van der Waals surface area (Å²) in [6, 6.07) is 10.1. The molecule has 0 aliphatic carbocycles. The summed E-state index contributed by atoms with van der Waals surface area (Å²) < 4.78 is 0. The van der Waals surface area contributed by atoms with Gasteiger partial charge in [0.1, 0.15) is 0 Å². The van der Waals surface area contributed by atoms with Gasteiger partial charge in [0.2, 0.25) is 0 Å². The van der Waals surface area contributed by atoms with E-state index in [0.717, 1.165) is 29.6 Å². The van der Waals surface area contributed by atoms with E-state index in [0.29, 0.717) is 0 Å². The molecule has 0 radical (unpaired) electrons. The number of aromatic nitrogens is 1. The molecule has 1 atom stereocenters. The van der Waals surface area contributed by atoms with Gasteiger partial charge in [-0.05, 0) is 18.6 Å². The maximum Gasteiger partial charge on any atom is 0.0933 e. The Bertz CT molecular complexity index is 515. The van der Waals surface area contributed by atoms with Crippen LogP contribution in [0.15, 0.2) is 36.5 Å². The van der Waals surface area contributed by atoms with Crippen LogP contribution in [0.2, 0.25) is 0 Å². The SMILES string of the molecule is CCC(C)(CO)CNc1cccc2cccnc12. The maximum absolute atomic E-state index is 9.42. The Morgan fingerprint density at radius 2 is 2.06 bits per heavy atom. The third-order valence-electron chi connectivity index (χ3n) is 3.57. The van der Waals surface area contributed by atoms with Crippen LogP contribution in [0.25, 0.3) is 10.9 Å². The number of nitrogens with one attached hydrogen (secondary N) is 1. The average molecular weight is 244 g/mol. The van der Waals surface area contributed by atoms with Crippen LogP contribution in [0.4, 0.5) is 5.69 Å². The Morgan fingerprint density at radius 3 is 2.78 bits per heavy atom. The normalized spacial score (nSPS) is 14.4. The first kappa shape index (κ1) is 12.8. The van der Waals surface area contributed by atoms with Crippen molar-refractivity contribution < 1.29 is 5.11 Å². The second kappa shape index (κ2) is 5.36. The minimum atomic E-state index is -0.0864. The van der Waals surface area contributed by atoms with Gasteiger partial charge in [-0.25, -0.2) is 0 Å². The number of hydrogen-bond acceptors (Lipinski definition) is 3. The number of aliphatic hydroxyl groups excluding tert-OH is 1. The molecular weight excluding hydrogens is 224 g/mol. The second-order valence-corrected chi connectivity index (χ2v) is 5.06. The Hall–Kier alpha value is -1.61. The molecule has 2 aromatic rings. The summed E-state index contributed by atoms with van der Waals surface area (Å²) in [5.41, 5.74) is 1.93. The zero-order valence-electron chi connectivity index (χ0n) is 11.0. The van der Waals surface area contributed by atoms with Gasteiger partial charge in [0, 0.05) is 23.5 Å². The quantitative estimate of drug-likeness (QED) is 0.849. The van der Waals surface area contributed by atoms with Crippen molar-refractivity contribution in [1.29, 1.82) is 0 Å². The van der Waals surface area contributed by atoms with Crippen molar-refractivity contribution in [2.24, 2.45) is 5.41 Å². The number of nitrogens with zero attached hydrogens (tertiary/aromatic N) is 1. The third kappa shape index (κ3) is 2.62. The zero-order valence-corrected chi connectivity index (χ0v) is 11.0. The van der Waals surface area contributed by atoms with Gasteiger partial charge in [-0.15, -0.1) is 0 Å². The van der Waals surface area contributed by atoms with E-state index >= 15 is 0 Å². The summed E-state index contributed by atoms with van der Waals surface area (Å²) in [5.74, 6) is 0. The number of fused-ring (bicyclic) bond motifs is 1. The molecule has 0 spiro atoms. The predicted molar refractivity (Wildman–Crippen MR) is 75.7 cm³/mol. The molecular formula is C15H20N2O. The van der Waals surface area contributed by atoms with Crippen LogP contribution < -0.4 is 5.32 Å². The monoisotopic (exact) mass is 244 g/mol. The molecule has 0 saturated heterocycles.